The van der Waals surface area contributed by atoms with Crippen molar-refractivity contribution in [2.24, 2.45) is 0 Å². The fraction of sp³-hybridized carbons (Fsp3) is 0.620. The van der Waals surface area contributed by atoms with Crippen LogP contribution in [0.4, 0.5) is 0 Å². The van der Waals surface area contributed by atoms with Crippen molar-refractivity contribution < 1.29 is 28.6 Å². The minimum absolute atomic E-state index is 0.110. The van der Waals surface area contributed by atoms with Crippen LogP contribution in [0.25, 0.3) is 0 Å². The highest BCUT2D eigenvalue weighted by molar-refractivity contribution is 5.71. The summed E-state index contributed by atoms with van der Waals surface area (Å²) in [7, 11) is 0. The second-order valence-electron chi connectivity index (χ2n) is 20.2. The smallest absolute Gasteiger partial charge is 0.306 e. The summed E-state index contributed by atoms with van der Waals surface area (Å²) >= 11 is 0. The molecule has 0 aromatic rings. The van der Waals surface area contributed by atoms with Gasteiger partial charge in [0.05, 0.1) is 0 Å². The van der Waals surface area contributed by atoms with Crippen molar-refractivity contribution in [2.75, 3.05) is 13.2 Å². The molecule has 0 radical (unpaired) electrons. The van der Waals surface area contributed by atoms with Gasteiger partial charge in [-0.3, -0.25) is 14.4 Å². The summed E-state index contributed by atoms with van der Waals surface area (Å²) in [5.41, 5.74) is 0. The lowest BCUT2D eigenvalue weighted by molar-refractivity contribution is -0.167. The highest BCUT2D eigenvalue weighted by atomic mass is 16.6. The molecule has 6 nitrogen and oxygen atoms in total. The Kier molecular flexibility index (Phi) is 59.9. The molecule has 0 amide bonds. The number of carbonyl (C=O) groups excluding carboxylic acids is 3. The minimum Gasteiger partial charge on any atom is -0.462 e. The predicted molar refractivity (Wildman–Crippen MR) is 334 cm³/mol. The molecule has 0 rings (SSSR count). The summed E-state index contributed by atoms with van der Waals surface area (Å²) in [5.74, 6) is -0.971. The van der Waals surface area contributed by atoms with Crippen LogP contribution in [0.2, 0.25) is 0 Å². The van der Waals surface area contributed by atoms with E-state index in [1.807, 2.05) is 0 Å². The number of ether oxygens (including phenoxy) is 3. The number of hydrogen-bond donors (Lipinski definition) is 0. The van der Waals surface area contributed by atoms with Crippen LogP contribution in [0.15, 0.2) is 146 Å². The Balaban J connectivity index is 4.46. The van der Waals surface area contributed by atoms with Crippen LogP contribution in [-0.4, -0.2) is 37.2 Å². The van der Waals surface area contributed by atoms with Crippen LogP contribution >= 0.6 is 0 Å². The lowest BCUT2D eigenvalue weighted by Crippen LogP contribution is -2.30. The summed E-state index contributed by atoms with van der Waals surface area (Å²) < 4.78 is 16.9. The molecule has 0 aliphatic rings. The zero-order valence-electron chi connectivity index (χ0n) is 49.7. The van der Waals surface area contributed by atoms with E-state index in [0.717, 1.165) is 154 Å². The van der Waals surface area contributed by atoms with E-state index in [1.165, 1.54) is 70.6 Å². The predicted octanol–water partition coefficient (Wildman–Crippen LogP) is 21.5. The Hall–Kier alpha value is -4.71. The molecule has 77 heavy (non-hydrogen) atoms. The number of allylic oxidation sites excluding steroid dienone is 24. The maximum atomic E-state index is 12.9. The SMILES string of the molecule is CC/C=C\C/C=C\C/C=C\C/C=C\C/C=C\C/C=C\CCCCCCC(=O)OCC(COC(=O)CCCCC/C=C\C/C=C\C/C=C\CC)OC(=O)CCCCCCCCCC/C=C\C/C=C\C/C=C\CCCCCCC. The zero-order valence-corrected chi connectivity index (χ0v) is 49.7. The van der Waals surface area contributed by atoms with E-state index < -0.39 is 6.10 Å². The maximum Gasteiger partial charge on any atom is 0.306 e. The monoisotopic (exact) mass is 1060 g/mol. The quantitative estimate of drug-likeness (QED) is 0.0261. The van der Waals surface area contributed by atoms with Crippen LogP contribution in [-0.2, 0) is 28.6 Å². The van der Waals surface area contributed by atoms with Gasteiger partial charge in [0.2, 0.25) is 0 Å². The molecular weight excluding hydrogens is 949 g/mol. The van der Waals surface area contributed by atoms with Crippen molar-refractivity contribution in [3.8, 4) is 0 Å². The van der Waals surface area contributed by atoms with Gasteiger partial charge in [-0.05, 0) is 141 Å². The Labute approximate surface area is 474 Å². The van der Waals surface area contributed by atoms with Gasteiger partial charge in [-0.1, -0.05) is 250 Å². The molecular formula is C71H114O6. The molecule has 0 N–H and O–H groups in total. The molecule has 0 bridgehead atoms. The summed E-state index contributed by atoms with van der Waals surface area (Å²) in [6.07, 6.45) is 91.3. The minimum atomic E-state index is -0.813. The van der Waals surface area contributed by atoms with Crippen molar-refractivity contribution >= 4 is 17.9 Å². The summed E-state index contributed by atoms with van der Waals surface area (Å²) in [6, 6.07) is 0. The lowest BCUT2D eigenvalue weighted by Gasteiger charge is -2.18. The summed E-state index contributed by atoms with van der Waals surface area (Å²) in [5, 5.41) is 0. The van der Waals surface area contributed by atoms with Crippen LogP contribution in [0.3, 0.4) is 0 Å². The van der Waals surface area contributed by atoms with Crippen LogP contribution in [0.5, 0.6) is 0 Å². The first-order valence-corrected chi connectivity index (χ1v) is 31.3. The first-order chi connectivity index (χ1) is 38.0. The maximum absolute atomic E-state index is 12.9. The van der Waals surface area contributed by atoms with Gasteiger partial charge in [0, 0.05) is 19.3 Å². The fourth-order valence-corrected chi connectivity index (χ4v) is 8.17. The normalized spacial score (nSPS) is 13.1. The lowest BCUT2D eigenvalue weighted by atomic mass is 10.1. The number of carbonyl (C=O) groups is 3. The van der Waals surface area contributed by atoms with Crippen molar-refractivity contribution in [3.63, 3.8) is 0 Å². The molecule has 0 fully saturated rings. The molecule has 0 heterocycles. The molecule has 6 heteroatoms. The van der Waals surface area contributed by atoms with Gasteiger partial charge in [-0.2, -0.15) is 0 Å². The molecule has 0 saturated heterocycles. The summed E-state index contributed by atoms with van der Waals surface area (Å²) in [6.45, 7) is 6.34. The standard InChI is InChI=1S/C71H114O6/c1-4-7-10-13-16-19-22-25-27-29-31-33-35-37-39-41-43-46-49-52-55-58-61-64-70(73)76-67-68(66-75-69(72)63-60-57-54-51-48-45-24-21-18-15-12-9-6-3)77-71(74)65-62-59-56-53-50-47-44-42-40-38-36-34-32-30-28-26-23-20-17-14-11-8-5-2/h7,9-10,12,16,18-19,21,23,25-27,30-33,36-39,43,45-46,48,68H,4-6,8,11,13-15,17,20,22,24,28-29,34-35,40-42,44,47,49-67H2,1-3H3/b10-7-,12-9-,19-16-,21-18-,26-23-,27-25-,32-30-,33-31-,38-36-,39-37-,46-43-,48-45-. The molecule has 434 valence electrons. The zero-order chi connectivity index (χ0) is 55.7. The van der Waals surface area contributed by atoms with E-state index in [0.29, 0.717) is 19.3 Å². The molecule has 0 aromatic heterocycles. The van der Waals surface area contributed by atoms with E-state index in [2.05, 4.69) is 167 Å². The fourth-order valence-electron chi connectivity index (χ4n) is 8.17. The third-order valence-corrected chi connectivity index (χ3v) is 12.8. The molecule has 0 aliphatic carbocycles. The second-order valence-corrected chi connectivity index (χ2v) is 20.2. The topological polar surface area (TPSA) is 78.9 Å². The molecule has 1 atom stereocenters. The molecule has 1 unspecified atom stereocenters. The van der Waals surface area contributed by atoms with Crippen LogP contribution in [0, 0.1) is 0 Å². The first-order valence-electron chi connectivity index (χ1n) is 31.3. The average Bonchev–Trinajstić information content (AvgIpc) is 3.43. The Morgan fingerprint density at radius 1 is 0.273 bits per heavy atom. The van der Waals surface area contributed by atoms with E-state index >= 15 is 0 Å². The van der Waals surface area contributed by atoms with Gasteiger partial charge in [-0.25, -0.2) is 0 Å². The molecule has 0 aliphatic heterocycles. The number of hydrogen-bond acceptors (Lipinski definition) is 6. The van der Waals surface area contributed by atoms with Gasteiger partial charge in [0.25, 0.3) is 0 Å². The highest BCUT2D eigenvalue weighted by Crippen LogP contribution is 2.14. The van der Waals surface area contributed by atoms with Gasteiger partial charge in [-0.15, -0.1) is 0 Å². The largest absolute Gasteiger partial charge is 0.462 e. The Morgan fingerprint density at radius 2 is 0.506 bits per heavy atom. The highest BCUT2D eigenvalue weighted by Gasteiger charge is 2.19. The second kappa shape index (κ2) is 63.8. The van der Waals surface area contributed by atoms with Crippen molar-refractivity contribution in [2.45, 2.75) is 271 Å². The number of unbranched alkanes of at least 4 members (excludes halogenated alkanes) is 20. The van der Waals surface area contributed by atoms with E-state index in [1.54, 1.807) is 0 Å². The number of rotatable bonds is 55. The van der Waals surface area contributed by atoms with E-state index in [4.69, 9.17) is 14.2 Å². The van der Waals surface area contributed by atoms with Gasteiger partial charge in [0.1, 0.15) is 13.2 Å². The average molecular weight is 1060 g/mol. The van der Waals surface area contributed by atoms with E-state index in [9.17, 15) is 14.4 Å². The Morgan fingerprint density at radius 3 is 0.805 bits per heavy atom. The third kappa shape index (κ3) is 62.0. The van der Waals surface area contributed by atoms with Gasteiger partial charge in [0.15, 0.2) is 6.10 Å². The van der Waals surface area contributed by atoms with Gasteiger partial charge < -0.3 is 14.2 Å². The van der Waals surface area contributed by atoms with Gasteiger partial charge >= 0.3 is 17.9 Å². The van der Waals surface area contributed by atoms with Crippen molar-refractivity contribution in [1.29, 1.82) is 0 Å². The number of esters is 3. The van der Waals surface area contributed by atoms with Crippen LogP contribution < -0.4 is 0 Å². The Bertz CT molecular complexity index is 1700. The van der Waals surface area contributed by atoms with Crippen molar-refractivity contribution in [1.82, 2.24) is 0 Å². The molecule has 0 spiro atoms. The molecule has 0 saturated carbocycles. The van der Waals surface area contributed by atoms with E-state index in [-0.39, 0.29) is 31.1 Å². The first kappa shape index (κ1) is 72.3. The molecule has 0 aromatic carbocycles. The third-order valence-electron chi connectivity index (χ3n) is 12.8. The summed E-state index contributed by atoms with van der Waals surface area (Å²) in [4.78, 5) is 38.3. The van der Waals surface area contributed by atoms with Crippen LogP contribution in [0.1, 0.15) is 265 Å². The van der Waals surface area contributed by atoms with Crippen molar-refractivity contribution in [3.05, 3.63) is 146 Å².